The Labute approximate surface area is 125 Å². The number of carbonyl (C=O) groups is 1. The van der Waals surface area contributed by atoms with Crippen molar-refractivity contribution >= 4 is 23.2 Å². The number of aryl methyl sites for hydroxylation is 1. The average Bonchev–Trinajstić information content (AvgIpc) is 2.32. The molecule has 0 bridgehead atoms. The molecular formula is C13H16ClF3N2O2. The van der Waals surface area contributed by atoms with E-state index < -0.39 is 24.7 Å². The highest BCUT2D eigenvalue weighted by Gasteiger charge is 2.38. The molecule has 1 aromatic carbocycles. The molecule has 0 aliphatic rings. The fourth-order valence-electron chi connectivity index (χ4n) is 1.68. The van der Waals surface area contributed by atoms with E-state index in [0.29, 0.717) is 10.7 Å². The first-order valence-electron chi connectivity index (χ1n) is 6.09. The summed E-state index contributed by atoms with van der Waals surface area (Å²) in [7, 11) is 1.31. The van der Waals surface area contributed by atoms with Gasteiger partial charge in [0, 0.05) is 6.54 Å². The number of amides is 1. The van der Waals surface area contributed by atoms with E-state index in [1.807, 2.05) is 0 Å². The Morgan fingerprint density at radius 3 is 2.62 bits per heavy atom. The number of hydrogen-bond donors (Lipinski definition) is 2. The summed E-state index contributed by atoms with van der Waals surface area (Å²) in [5.41, 5.74) is 1.17. The molecule has 0 aliphatic heterocycles. The van der Waals surface area contributed by atoms with Gasteiger partial charge < -0.3 is 10.4 Å². The summed E-state index contributed by atoms with van der Waals surface area (Å²) in [5, 5.41) is 11.8. The van der Waals surface area contributed by atoms with Gasteiger partial charge >= 0.3 is 6.18 Å². The summed E-state index contributed by atoms with van der Waals surface area (Å²) in [5.74, 6) is -0.511. The number of para-hydroxylation sites is 1. The van der Waals surface area contributed by atoms with Crippen molar-refractivity contribution in [3.8, 4) is 0 Å². The Hall–Kier alpha value is -1.31. The largest absolute Gasteiger partial charge is 0.415 e. The molecule has 0 fully saturated rings. The summed E-state index contributed by atoms with van der Waals surface area (Å²) in [6.45, 7) is 0.773. The third-order valence-corrected chi connectivity index (χ3v) is 3.08. The van der Waals surface area contributed by atoms with Crippen LogP contribution in [0.25, 0.3) is 0 Å². The molecule has 1 rings (SSSR count). The summed E-state index contributed by atoms with van der Waals surface area (Å²) >= 11 is 5.94. The van der Waals surface area contributed by atoms with Crippen LogP contribution in [0.5, 0.6) is 0 Å². The van der Waals surface area contributed by atoms with Crippen molar-refractivity contribution in [2.24, 2.45) is 0 Å². The number of likely N-dealkylation sites (N-methyl/N-ethyl adjacent to an activating group) is 1. The molecule has 2 N–H and O–H groups in total. The standard InChI is InChI=1S/C13H16ClF3N2O2/c1-8-4-3-5-9(14)12(8)18-11(21)7-19(2)6-10(20)13(15,16)17/h3-5,10,20H,6-7H2,1-2H3,(H,18,21). The molecular weight excluding hydrogens is 309 g/mol. The normalized spacial score (nSPS) is 13.3. The van der Waals surface area contributed by atoms with Crippen molar-refractivity contribution in [3.63, 3.8) is 0 Å². The topological polar surface area (TPSA) is 52.6 Å². The first-order valence-corrected chi connectivity index (χ1v) is 6.47. The number of aliphatic hydroxyl groups is 1. The first kappa shape index (κ1) is 17.7. The maximum Gasteiger partial charge on any atom is 0.415 e. The zero-order valence-corrected chi connectivity index (χ0v) is 12.3. The quantitative estimate of drug-likeness (QED) is 0.874. The van der Waals surface area contributed by atoms with Crippen molar-refractivity contribution in [2.45, 2.75) is 19.2 Å². The number of hydrogen-bond acceptors (Lipinski definition) is 3. The fraction of sp³-hybridized carbons (Fsp3) is 0.462. The number of rotatable bonds is 5. The van der Waals surface area contributed by atoms with Gasteiger partial charge in [-0.05, 0) is 25.6 Å². The summed E-state index contributed by atoms with van der Waals surface area (Å²) in [4.78, 5) is 12.9. The molecule has 118 valence electrons. The number of aliphatic hydroxyl groups excluding tert-OH is 1. The SMILES string of the molecule is Cc1cccc(Cl)c1NC(=O)CN(C)CC(O)C(F)(F)F. The van der Waals surface area contributed by atoms with Crippen LogP contribution in [-0.4, -0.2) is 48.3 Å². The van der Waals surface area contributed by atoms with Crippen molar-refractivity contribution in [1.82, 2.24) is 4.90 Å². The molecule has 0 saturated heterocycles. The summed E-state index contributed by atoms with van der Waals surface area (Å²) < 4.78 is 36.6. The maximum absolute atomic E-state index is 12.2. The minimum absolute atomic E-state index is 0.294. The zero-order chi connectivity index (χ0) is 16.2. The van der Waals surface area contributed by atoms with Gasteiger partial charge in [-0.1, -0.05) is 23.7 Å². The van der Waals surface area contributed by atoms with E-state index in [2.05, 4.69) is 5.32 Å². The lowest BCUT2D eigenvalue weighted by atomic mass is 10.2. The van der Waals surface area contributed by atoms with Gasteiger partial charge in [0.1, 0.15) is 0 Å². The van der Waals surface area contributed by atoms with E-state index in [4.69, 9.17) is 16.7 Å². The molecule has 4 nitrogen and oxygen atoms in total. The molecule has 1 amide bonds. The van der Waals surface area contributed by atoms with Crippen LogP contribution in [0, 0.1) is 6.92 Å². The van der Waals surface area contributed by atoms with Crippen LogP contribution >= 0.6 is 11.6 Å². The highest BCUT2D eigenvalue weighted by molar-refractivity contribution is 6.33. The van der Waals surface area contributed by atoms with Gasteiger partial charge in [-0.25, -0.2) is 0 Å². The maximum atomic E-state index is 12.2. The molecule has 8 heteroatoms. The van der Waals surface area contributed by atoms with Gasteiger partial charge in [0.25, 0.3) is 0 Å². The van der Waals surface area contributed by atoms with E-state index in [9.17, 15) is 18.0 Å². The number of halogens is 4. The van der Waals surface area contributed by atoms with Gasteiger partial charge in [0.15, 0.2) is 6.10 Å². The Bertz CT molecular complexity index is 488. The lowest BCUT2D eigenvalue weighted by molar-refractivity contribution is -0.207. The van der Waals surface area contributed by atoms with E-state index in [-0.39, 0.29) is 6.54 Å². The predicted molar refractivity (Wildman–Crippen MR) is 74.4 cm³/mol. The van der Waals surface area contributed by atoms with Crippen molar-refractivity contribution in [1.29, 1.82) is 0 Å². The molecule has 1 unspecified atom stereocenters. The monoisotopic (exact) mass is 324 g/mol. The molecule has 0 aromatic heterocycles. The minimum atomic E-state index is -4.70. The smallest absolute Gasteiger partial charge is 0.382 e. The highest BCUT2D eigenvalue weighted by atomic mass is 35.5. The molecule has 1 aromatic rings. The van der Waals surface area contributed by atoms with Crippen molar-refractivity contribution in [2.75, 3.05) is 25.5 Å². The van der Waals surface area contributed by atoms with Crippen LogP contribution in [0.1, 0.15) is 5.56 Å². The molecule has 0 radical (unpaired) electrons. The number of carbonyl (C=O) groups excluding carboxylic acids is 1. The van der Waals surface area contributed by atoms with Gasteiger partial charge in [-0.2, -0.15) is 13.2 Å². The molecule has 0 aliphatic carbocycles. The fourth-order valence-corrected chi connectivity index (χ4v) is 1.95. The number of anilines is 1. The van der Waals surface area contributed by atoms with Crippen LogP contribution in [-0.2, 0) is 4.79 Å². The predicted octanol–water partition coefficient (Wildman–Crippen LogP) is 2.44. The average molecular weight is 325 g/mol. The van der Waals surface area contributed by atoms with Gasteiger partial charge in [0.2, 0.25) is 5.91 Å². The highest BCUT2D eigenvalue weighted by Crippen LogP contribution is 2.25. The van der Waals surface area contributed by atoms with Gasteiger partial charge in [-0.15, -0.1) is 0 Å². The second-order valence-electron chi connectivity index (χ2n) is 4.73. The lowest BCUT2D eigenvalue weighted by Gasteiger charge is -2.22. The van der Waals surface area contributed by atoms with E-state index >= 15 is 0 Å². The van der Waals surface area contributed by atoms with Crippen LogP contribution in [0.4, 0.5) is 18.9 Å². The molecule has 21 heavy (non-hydrogen) atoms. The van der Waals surface area contributed by atoms with Crippen LogP contribution in [0.2, 0.25) is 5.02 Å². The van der Waals surface area contributed by atoms with Crippen molar-refractivity contribution in [3.05, 3.63) is 28.8 Å². The lowest BCUT2D eigenvalue weighted by Crippen LogP contribution is -2.42. The van der Waals surface area contributed by atoms with Crippen molar-refractivity contribution < 1.29 is 23.1 Å². The Morgan fingerprint density at radius 1 is 1.48 bits per heavy atom. The van der Waals surface area contributed by atoms with E-state index in [1.54, 1.807) is 25.1 Å². The molecule has 1 atom stereocenters. The summed E-state index contributed by atoms with van der Waals surface area (Å²) in [6, 6.07) is 5.07. The van der Waals surface area contributed by atoms with E-state index in [0.717, 1.165) is 10.5 Å². The summed E-state index contributed by atoms with van der Waals surface area (Å²) in [6.07, 6.45) is -7.19. The Balaban J connectivity index is 2.58. The number of nitrogens with one attached hydrogen (secondary N) is 1. The zero-order valence-electron chi connectivity index (χ0n) is 11.5. The molecule has 0 heterocycles. The third-order valence-electron chi connectivity index (χ3n) is 2.76. The number of benzene rings is 1. The second kappa shape index (κ2) is 7.11. The number of alkyl halides is 3. The van der Waals surface area contributed by atoms with Crippen LogP contribution < -0.4 is 5.32 Å². The van der Waals surface area contributed by atoms with Crippen LogP contribution in [0.3, 0.4) is 0 Å². The molecule has 0 spiro atoms. The van der Waals surface area contributed by atoms with Crippen LogP contribution in [0.15, 0.2) is 18.2 Å². The minimum Gasteiger partial charge on any atom is -0.382 e. The van der Waals surface area contributed by atoms with Gasteiger partial charge in [-0.3, -0.25) is 9.69 Å². The first-order chi connectivity index (χ1) is 9.61. The number of nitrogens with zero attached hydrogens (tertiary/aromatic N) is 1. The third kappa shape index (κ3) is 5.53. The Morgan fingerprint density at radius 2 is 2.10 bits per heavy atom. The Kier molecular flexibility index (Phi) is 6.00. The van der Waals surface area contributed by atoms with Gasteiger partial charge in [0.05, 0.1) is 17.3 Å². The van der Waals surface area contributed by atoms with E-state index in [1.165, 1.54) is 7.05 Å². The second-order valence-corrected chi connectivity index (χ2v) is 5.14. The molecule has 0 saturated carbocycles.